The molecule has 0 aliphatic rings. The number of hydrogen-bond acceptors (Lipinski definition) is 4. The van der Waals surface area contributed by atoms with E-state index >= 15 is 0 Å². The van der Waals surface area contributed by atoms with Crippen LogP contribution >= 0.6 is 24.0 Å². The van der Waals surface area contributed by atoms with Crippen molar-refractivity contribution < 1.29 is 9.53 Å². The first-order valence-electron chi connectivity index (χ1n) is 10.1. The fourth-order valence-corrected chi connectivity index (χ4v) is 3.22. The van der Waals surface area contributed by atoms with Crippen molar-refractivity contribution in [3.05, 3.63) is 52.3 Å². The Kier molecular flexibility index (Phi) is 11.5. The second-order valence-electron chi connectivity index (χ2n) is 7.37. The van der Waals surface area contributed by atoms with E-state index in [4.69, 9.17) is 4.74 Å². The van der Waals surface area contributed by atoms with Crippen LogP contribution in [-0.4, -0.2) is 68.0 Å². The van der Waals surface area contributed by atoms with E-state index in [1.165, 1.54) is 5.56 Å². The molecule has 2 N–H and O–H groups in total. The molecule has 0 atom stereocenters. The number of carbonyl (C=O) groups excluding carboxylic acids is 1. The lowest BCUT2D eigenvalue weighted by Crippen LogP contribution is -2.38. The van der Waals surface area contributed by atoms with Gasteiger partial charge in [0.15, 0.2) is 5.96 Å². The van der Waals surface area contributed by atoms with Gasteiger partial charge in [0, 0.05) is 58.2 Å². The van der Waals surface area contributed by atoms with Gasteiger partial charge in [-0.25, -0.2) is 0 Å². The monoisotopic (exact) mass is 542 g/mol. The molecule has 0 radical (unpaired) electrons. The minimum atomic E-state index is 0. The average molecular weight is 542 g/mol. The Labute approximate surface area is 202 Å². The molecule has 2 aromatic rings. The third-order valence-electron chi connectivity index (χ3n) is 4.98. The van der Waals surface area contributed by atoms with Crippen LogP contribution in [0.3, 0.4) is 0 Å². The van der Waals surface area contributed by atoms with Gasteiger partial charge in [0.05, 0.1) is 18.8 Å². The molecule has 2 rings (SSSR count). The molecular formula is C22H35IN6O2. The molecule has 1 aromatic heterocycles. The van der Waals surface area contributed by atoms with Gasteiger partial charge in [-0.1, -0.05) is 12.1 Å². The average Bonchev–Trinajstić information content (AvgIpc) is 3.01. The number of rotatable bonds is 9. The van der Waals surface area contributed by atoms with E-state index in [9.17, 15) is 4.79 Å². The fourth-order valence-electron chi connectivity index (χ4n) is 3.22. The molecule has 1 amide bonds. The second-order valence-corrected chi connectivity index (χ2v) is 7.37. The SMILES string of the molecule is CN=C(NCCc1cccc(C(=O)N(C)C)c1)NCc1c(C)nn(CCOC)c1C.I. The number of nitrogens with one attached hydrogen (secondary N) is 2. The smallest absolute Gasteiger partial charge is 0.253 e. The van der Waals surface area contributed by atoms with E-state index in [2.05, 4.69) is 27.6 Å². The molecule has 31 heavy (non-hydrogen) atoms. The van der Waals surface area contributed by atoms with Gasteiger partial charge < -0.3 is 20.3 Å². The summed E-state index contributed by atoms with van der Waals surface area (Å²) in [6.07, 6.45) is 0.794. The van der Waals surface area contributed by atoms with Gasteiger partial charge in [-0.2, -0.15) is 5.10 Å². The highest BCUT2D eigenvalue weighted by Gasteiger charge is 2.12. The van der Waals surface area contributed by atoms with Crippen LogP contribution in [0.25, 0.3) is 0 Å². The standard InChI is InChI=1S/C22H34N6O2.HI/c1-16-20(17(2)28(26-16)12-13-30-6)15-25-22(23-3)24-11-10-18-8-7-9-19(14-18)21(29)27(4)5;/h7-9,14H,10-13,15H2,1-6H3,(H2,23,24,25);1H. The van der Waals surface area contributed by atoms with E-state index in [0.29, 0.717) is 25.3 Å². The predicted octanol–water partition coefficient (Wildman–Crippen LogP) is 2.37. The molecule has 0 saturated carbocycles. The van der Waals surface area contributed by atoms with Gasteiger partial charge in [-0.05, 0) is 38.0 Å². The Hall–Kier alpha value is -2.14. The van der Waals surface area contributed by atoms with Crippen LogP contribution in [0.15, 0.2) is 29.3 Å². The maximum atomic E-state index is 12.1. The van der Waals surface area contributed by atoms with E-state index < -0.39 is 0 Å². The topological polar surface area (TPSA) is 83.8 Å². The van der Waals surface area contributed by atoms with Crippen molar-refractivity contribution in [1.82, 2.24) is 25.3 Å². The quantitative estimate of drug-likeness (QED) is 0.289. The van der Waals surface area contributed by atoms with Crippen LogP contribution in [0.5, 0.6) is 0 Å². The molecule has 0 aliphatic carbocycles. The molecule has 1 aromatic carbocycles. The molecule has 0 unspecified atom stereocenters. The van der Waals surface area contributed by atoms with E-state index in [1.807, 2.05) is 35.9 Å². The second kappa shape index (κ2) is 13.3. The summed E-state index contributed by atoms with van der Waals surface area (Å²) in [6.45, 7) is 6.84. The number of aliphatic imine (C=N–C) groups is 1. The van der Waals surface area contributed by atoms with Crippen LogP contribution in [0.4, 0.5) is 0 Å². The molecule has 8 nitrogen and oxygen atoms in total. The van der Waals surface area contributed by atoms with Crippen molar-refractivity contribution in [2.24, 2.45) is 4.99 Å². The summed E-state index contributed by atoms with van der Waals surface area (Å²) < 4.78 is 7.13. The first-order chi connectivity index (χ1) is 14.4. The van der Waals surface area contributed by atoms with Gasteiger partial charge in [-0.15, -0.1) is 24.0 Å². The summed E-state index contributed by atoms with van der Waals surface area (Å²) in [7, 11) is 6.97. The molecule has 0 spiro atoms. The van der Waals surface area contributed by atoms with Crippen LogP contribution < -0.4 is 10.6 Å². The first-order valence-corrected chi connectivity index (χ1v) is 10.1. The van der Waals surface area contributed by atoms with Crippen LogP contribution in [0.2, 0.25) is 0 Å². The Balaban J connectivity index is 0.00000480. The van der Waals surface area contributed by atoms with Crippen molar-refractivity contribution >= 4 is 35.8 Å². The van der Waals surface area contributed by atoms with Crippen LogP contribution in [0, 0.1) is 13.8 Å². The number of methoxy groups -OCH3 is 1. The number of aromatic nitrogens is 2. The number of hydrogen-bond donors (Lipinski definition) is 2. The van der Waals surface area contributed by atoms with Crippen LogP contribution in [-0.2, 0) is 24.2 Å². The number of nitrogens with zero attached hydrogens (tertiary/aromatic N) is 4. The maximum Gasteiger partial charge on any atom is 0.253 e. The zero-order chi connectivity index (χ0) is 22.1. The van der Waals surface area contributed by atoms with Crippen molar-refractivity contribution in [1.29, 1.82) is 0 Å². The Morgan fingerprint density at radius 3 is 2.65 bits per heavy atom. The molecule has 0 saturated heterocycles. The summed E-state index contributed by atoms with van der Waals surface area (Å²) in [5.41, 5.74) is 5.13. The molecule has 9 heteroatoms. The largest absolute Gasteiger partial charge is 0.383 e. The minimum Gasteiger partial charge on any atom is -0.383 e. The van der Waals surface area contributed by atoms with E-state index in [0.717, 1.165) is 35.9 Å². The minimum absolute atomic E-state index is 0. The maximum absolute atomic E-state index is 12.1. The van der Waals surface area contributed by atoms with Gasteiger partial charge in [0.2, 0.25) is 0 Å². The van der Waals surface area contributed by atoms with Gasteiger partial charge in [-0.3, -0.25) is 14.5 Å². The summed E-state index contributed by atoms with van der Waals surface area (Å²) in [5, 5.41) is 11.3. The predicted molar refractivity (Wildman–Crippen MR) is 135 cm³/mol. The van der Waals surface area contributed by atoms with Gasteiger partial charge >= 0.3 is 0 Å². The van der Waals surface area contributed by atoms with Crippen molar-refractivity contribution in [2.75, 3.05) is 41.4 Å². The molecule has 0 fully saturated rings. The highest BCUT2D eigenvalue weighted by Crippen LogP contribution is 2.12. The lowest BCUT2D eigenvalue weighted by molar-refractivity contribution is 0.0827. The number of carbonyl (C=O) groups is 1. The molecule has 0 bridgehead atoms. The van der Waals surface area contributed by atoms with E-state index in [-0.39, 0.29) is 29.9 Å². The lowest BCUT2D eigenvalue weighted by atomic mass is 10.1. The van der Waals surface area contributed by atoms with Crippen molar-refractivity contribution in [3.8, 4) is 0 Å². The fraction of sp³-hybridized carbons (Fsp3) is 0.500. The third-order valence-corrected chi connectivity index (χ3v) is 4.98. The van der Waals surface area contributed by atoms with Crippen molar-refractivity contribution in [2.45, 2.75) is 33.4 Å². The molecular weight excluding hydrogens is 507 g/mol. The summed E-state index contributed by atoms with van der Waals surface area (Å²) in [5.74, 6) is 0.748. The summed E-state index contributed by atoms with van der Waals surface area (Å²) in [6, 6.07) is 7.75. The first kappa shape index (κ1) is 26.9. The van der Waals surface area contributed by atoms with Crippen molar-refractivity contribution in [3.63, 3.8) is 0 Å². The number of benzene rings is 1. The van der Waals surface area contributed by atoms with Gasteiger partial charge in [0.1, 0.15) is 0 Å². The Bertz CT molecular complexity index is 879. The highest BCUT2D eigenvalue weighted by molar-refractivity contribution is 14.0. The Morgan fingerprint density at radius 1 is 1.26 bits per heavy atom. The molecule has 1 heterocycles. The molecule has 0 aliphatic heterocycles. The van der Waals surface area contributed by atoms with E-state index in [1.54, 1.807) is 33.2 Å². The summed E-state index contributed by atoms with van der Waals surface area (Å²) >= 11 is 0. The zero-order valence-corrected chi connectivity index (χ0v) is 21.7. The Morgan fingerprint density at radius 2 is 2.00 bits per heavy atom. The number of amides is 1. The normalized spacial score (nSPS) is 11.1. The molecule has 172 valence electrons. The summed E-state index contributed by atoms with van der Waals surface area (Å²) in [4.78, 5) is 18.0. The number of ether oxygens (including phenoxy) is 1. The third kappa shape index (κ3) is 7.80. The number of aryl methyl sites for hydroxylation is 1. The van der Waals surface area contributed by atoms with Crippen LogP contribution in [0.1, 0.15) is 32.9 Å². The zero-order valence-electron chi connectivity index (χ0n) is 19.4. The number of guanidine groups is 1. The van der Waals surface area contributed by atoms with Gasteiger partial charge in [0.25, 0.3) is 5.91 Å². The number of halogens is 1. The lowest BCUT2D eigenvalue weighted by Gasteiger charge is -2.13. The highest BCUT2D eigenvalue weighted by atomic mass is 127.